The van der Waals surface area contributed by atoms with Gasteiger partial charge in [0.2, 0.25) is 0 Å². The van der Waals surface area contributed by atoms with Crippen LogP contribution in [-0.4, -0.2) is 25.5 Å². The Morgan fingerprint density at radius 1 is 1.30 bits per heavy atom. The highest BCUT2D eigenvalue weighted by Gasteiger charge is 2.25. The summed E-state index contributed by atoms with van der Waals surface area (Å²) >= 11 is 1.54. The lowest BCUT2D eigenvalue weighted by Gasteiger charge is -2.14. The van der Waals surface area contributed by atoms with Gasteiger partial charge in [0.25, 0.3) is 0 Å². The number of hydrogen-bond donors (Lipinski definition) is 0. The van der Waals surface area contributed by atoms with Gasteiger partial charge in [-0.05, 0) is 31.1 Å². The minimum absolute atomic E-state index is 0.0618. The Hall–Kier alpha value is -2.60. The summed E-state index contributed by atoms with van der Waals surface area (Å²) in [5.74, 6) is 0.0618. The van der Waals surface area contributed by atoms with E-state index in [-0.39, 0.29) is 5.78 Å². The average Bonchev–Trinajstić information content (AvgIpc) is 3.19. The Labute approximate surface area is 137 Å². The van der Waals surface area contributed by atoms with Crippen molar-refractivity contribution < 1.29 is 4.79 Å². The van der Waals surface area contributed by atoms with E-state index < -0.39 is 0 Å². The lowest BCUT2D eigenvalue weighted by atomic mass is 9.91. The van der Waals surface area contributed by atoms with Gasteiger partial charge in [0.1, 0.15) is 5.01 Å². The number of nitrogens with zero attached hydrogens (tertiary/aromatic N) is 4. The molecule has 114 valence electrons. The van der Waals surface area contributed by atoms with E-state index in [2.05, 4.69) is 15.1 Å². The van der Waals surface area contributed by atoms with Crippen LogP contribution in [0.1, 0.15) is 28.2 Å². The summed E-state index contributed by atoms with van der Waals surface area (Å²) in [6.45, 7) is 0. The molecule has 1 aliphatic rings. The summed E-state index contributed by atoms with van der Waals surface area (Å²) in [4.78, 5) is 21.4. The summed E-state index contributed by atoms with van der Waals surface area (Å²) in [5, 5.41) is 7.01. The first-order valence-corrected chi connectivity index (χ1v) is 8.23. The molecule has 23 heavy (non-hydrogen) atoms. The number of ketones is 1. The predicted octanol–water partition coefficient (Wildman–Crippen LogP) is 3.15. The number of fused-ring (bicyclic) bond motifs is 1. The molecular formula is C17H14N4OS. The SMILES string of the molecule is Cn1ncc2c1CCC(=Cc1csc(-c3ccccn3)n1)C2=O. The van der Waals surface area contributed by atoms with E-state index in [0.29, 0.717) is 5.56 Å². The zero-order valence-corrected chi connectivity index (χ0v) is 13.4. The number of carbonyl (C=O) groups excluding carboxylic acids is 1. The largest absolute Gasteiger partial charge is 0.289 e. The molecule has 0 fully saturated rings. The molecule has 6 heteroatoms. The number of pyridine rings is 1. The third kappa shape index (κ3) is 2.51. The van der Waals surface area contributed by atoms with Gasteiger partial charge in [0.05, 0.1) is 23.1 Å². The van der Waals surface area contributed by atoms with Gasteiger partial charge in [-0.15, -0.1) is 11.3 Å². The molecule has 0 aliphatic heterocycles. The Kier molecular flexibility index (Phi) is 3.38. The van der Waals surface area contributed by atoms with Crippen LogP contribution in [0, 0.1) is 0 Å². The maximum atomic E-state index is 12.6. The molecule has 0 saturated heterocycles. The molecular weight excluding hydrogens is 308 g/mol. The number of aromatic nitrogens is 4. The number of hydrogen-bond acceptors (Lipinski definition) is 5. The molecule has 0 spiro atoms. The molecule has 0 amide bonds. The zero-order valence-electron chi connectivity index (χ0n) is 12.6. The van der Waals surface area contributed by atoms with Crippen molar-refractivity contribution in [3.63, 3.8) is 0 Å². The van der Waals surface area contributed by atoms with Crippen molar-refractivity contribution in [3.05, 3.63) is 58.5 Å². The Morgan fingerprint density at radius 3 is 3.04 bits per heavy atom. The van der Waals surface area contributed by atoms with Crippen LogP contribution in [-0.2, 0) is 13.5 Å². The fraction of sp³-hybridized carbons (Fsp3) is 0.176. The smallest absolute Gasteiger partial charge is 0.192 e. The molecule has 5 nitrogen and oxygen atoms in total. The molecule has 4 rings (SSSR count). The molecule has 0 bridgehead atoms. The van der Waals surface area contributed by atoms with E-state index in [1.807, 2.05) is 36.7 Å². The Bertz CT molecular complexity index is 908. The van der Waals surface area contributed by atoms with Crippen LogP contribution in [0.2, 0.25) is 0 Å². The van der Waals surface area contributed by atoms with Crippen molar-refractivity contribution >= 4 is 23.2 Å². The minimum Gasteiger partial charge on any atom is -0.289 e. The van der Waals surface area contributed by atoms with Crippen molar-refractivity contribution in [2.45, 2.75) is 12.8 Å². The van der Waals surface area contributed by atoms with Gasteiger partial charge in [0.15, 0.2) is 5.78 Å². The molecule has 3 heterocycles. The quantitative estimate of drug-likeness (QED) is 0.680. The van der Waals surface area contributed by atoms with E-state index in [4.69, 9.17) is 0 Å². The molecule has 0 radical (unpaired) electrons. The number of allylic oxidation sites excluding steroid dienone is 1. The molecule has 0 unspecified atom stereocenters. The molecule has 0 N–H and O–H groups in total. The van der Waals surface area contributed by atoms with Gasteiger partial charge < -0.3 is 0 Å². The summed E-state index contributed by atoms with van der Waals surface area (Å²) in [6, 6.07) is 5.76. The standard InChI is InChI=1S/C17H14N4OS/c1-21-15-6-5-11(16(22)13(15)9-19-21)8-12-10-23-17(20-12)14-4-2-3-7-18-14/h2-4,7-10H,5-6H2,1H3. The second-order valence-electron chi connectivity index (χ2n) is 5.42. The number of aryl methyl sites for hydroxylation is 1. The van der Waals surface area contributed by atoms with Crippen molar-refractivity contribution in [2.24, 2.45) is 7.05 Å². The minimum atomic E-state index is 0.0618. The average molecular weight is 322 g/mol. The lowest BCUT2D eigenvalue weighted by Crippen LogP contribution is -2.15. The van der Waals surface area contributed by atoms with Gasteiger partial charge >= 0.3 is 0 Å². The van der Waals surface area contributed by atoms with Crippen molar-refractivity contribution in [3.8, 4) is 10.7 Å². The summed E-state index contributed by atoms with van der Waals surface area (Å²) in [6.07, 6.45) is 6.86. The first-order chi connectivity index (χ1) is 11.2. The van der Waals surface area contributed by atoms with Crippen molar-refractivity contribution in [2.75, 3.05) is 0 Å². The monoisotopic (exact) mass is 322 g/mol. The van der Waals surface area contributed by atoms with Crippen LogP contribution in [0.25, 0.3) is 16.8 Å². The van der Waals surface area contributed by atoms with Crippen LogP contribution in [0.15, 0.2) is 41.5 Å². The number of carbonyl (C=O) groups is 1. The Morgan fingerprint density at radius 2 is 2.22 bits per heavy atom. The van der Waals surface area contributed by atoms with Crippen LogP contribution in [0.4, 0.5) is 0 Å². The zero-order chi connectivity index (χ0) is 15.8. The van der Waals surface area contributed by atoms with Gasteiger partial charge in [-0.25, -0.2) is 4.98 Å². The van der Waals surface area contributed by atoms with Crippen molar-refractivity contribution in [1.82, 2.24) is 19.7 Å². The fourth-order valence-corrected chi connectivity index (χ4v) is 3.52. The van der Waals surface area contributed by atoms with E-state index in [0.717, 1.165) is 40.5 Å². The van der Waals surface area contributed by atoms with Gasteiger partial charge in [-0.2, -0.15) is 5.10 Å². The lowest BCUT2D eigenvalue weighted by molar-refractivity contribution is 0.102. The fourth-order valence-electron chi connectivity index (χ4n) is 2.76. The second kappa shape index (κ2) is 5.55. The second-order valence-corrected chi connectivity index (χ2v) is 6.28. The highest BCUT2D eigenvalue weighted by Crippen LogP contribution is 2.28. The Balaban J connectivity index is 1.64. The van der Waals surface area contributed by atoms with Gasteiger partial charge in [-0.1, -0.05) is 6.07 Å². The van der Waals surface area contributed by atoms with Crippen LogP contribution < -0.4 is 0 Å². The first-order valence-electron chi connectivity index (χ1n) is 7.35. The predicted molar refractivity (Wildman–Crippen MR) is 89.2 cm³/mol. The highest BCUT2D eigenvalue weighted by atomic mass is 32.1. The first kappa shape index (κ1) is 14.0. The summed E-state index contributed by atoms with van der Waals surface area (Å²) in [5.41, 5.74) is 4.19. The van der Waals surface area contributed by atoms with E-state index in [1.165, 1.54) is 11.3 Å². The molecule has 0 aromatic carbocycles. The molecule has 3 aromatic rings. The molecule has 0 saturated carbocycles. The maximum Gasteiger partial charge on any atom is 0.192 e. The van der Waals surface area contributed by atoms with Crippen LogP contribution in [0.5, 0.6) is 0 Å². The number of Topliss-reactive ketones (excluding diaryl/α,β-unsaturated/α-hetero) is 1. The van der Waals surface area contributed by atoms with Crippen molar-refractivity contribution in [1.29, 1.82) is 0 Å². The number of rotatable bonds is 2. The third-order valence-corrected chi connectivity index (χ3v) is 4.84. The highest BCUT2D eigenvalue weighted by molar-refractivity contribution is 7.13. The van der Waals surface area contributed by atoms with E-state index in [9.17, 15) is 4.79 Å². The van der Waals surface area contributed by atoms with Crippen LogP contribution in [0.3, 0.4) is 0 Å². The summed E-state index contributed by atoms with van der Waals surface area (Å²) < 4.78 is 1.78. The van der Waals surface area contributed by atoms with Gasteiger partial charge in [-0.3, -0.25) is 14.5 Å². The maximum absolute atomic E-state index is 12.6. The third-order valence-electron chi connectivity index (χ3n) is 3.96. The number of thiazole rings is 1. The van der Waals surface area contributed by atoms with E-state index >= 15 is 0 Å². The van der Waals surface area contributed by atoms with Gasteiger partial charge in [0, 0.05) is 29.9 Å². The summed E-state index contributed by atoms with van der Waals surface area (Å²) in [7, 11) is 1.88. The van der Waals surface area contributed by atoms with E-state index in [1.54, 1.807) is 17.1 Å². The topological polar surface area (TPSA) is 60.7 Å². The normalized spacial score (nSPS) is 15.9. The molecule has 3 aromatic heterocycles. The molecule has 0 atom stereocenters. The van der Waals surface area contributed by atoms with Crippen LogP contribution >= 0.6 is 11.3 Å². The molecule has 1 aliphatic carbocycles.